The van der Waals surface area contributed by atoms with Gasteiger partial charge in [-0.3, -0.25) is 9.69 Å². The zero-order valence-electron chi connectivity index (χ0n) is 13.9. The van der Waals surface area contributed by atoms with E-state index in [2.05, 4.69) is 4.99 Å². The number of halogens is 1. The fraction of sp³-hybridized carbons (Fsp3) is 0.158. The average molecular weight is 356 g/mol. The van der Waals surface area contributed by atoms with Gasteiger partial charge in [-0.25, -0.2) is 9.38 Å². The molecular formula is C19H17FN2O2S. The minimum absolute atomic E-state index is 0.145. The van der Waals surface area contributed by atoms with Crippen LogP contribution < -0.4 is 4.74 Å². The summed E-state index contributed by atoms with van der Waals surface area (Å²) < 4.78 is 19.2. The summed E-state index contributed by atoms with van der Waals surface area (Å²) >= 11 is 1.23. The fourth-order valence-electron chi connectivity index (χ4n) is 2.44. The number of rotatable bonds is 4. The van der Waals surface area contributed by atoms with E-state index in [1.807, 2.05) is 31.2 Å². The minimum Gasteiger partial charge on any atom is -0.496 e. The molecule has 0 atom stereocenters. The number of aliphatic imine (C=N–C) groups is 1. The number of para-hydroxylation sites is 2. The molecule has 1 aliphatic heterocycles. The fourth-order valence-corrected chi connectivity index (χ4v) is 3.49. The Morgan fingerprint density at radius 1 is 1.20 bits per heavy atom. The topological polar surface area (TPSA) is 41.9 Å². The Morgan fingerprint density at radius 3 is 2.64 bits per heavy atom. The molecule has 1 fully saturated rings. The smallest absolute Gasteiger partial charge is 0.266 e. The highest BCUT2D eigenvalue weighted by atomic mass is 32.2. The van der Waals surface area contributed by atoms with Gasteiger partial charge < -0.3 is 4.74 Å². The number of carbonyl (C=O) groups excluding carboxylic acids is 1. The Kier molecular flexibility index (Phi) is 5.19. The van der Waals surface area contributed by atoms with Crippen molar-refractivity contribution in [2.75, 3.05) is 13.7 Å². The second kappa shape index (κ2) is 7.53. The van der Waals surface area contributed by atoms with Crippen LogP contribution in [0.2, 0.25) is 0 Å². The average Bonchev–Trinajstić information content (AvgIpc) is 2.92. The van der Waals surface area contributed by atoms with Crippen molar-refractivity contribution in [1.29, 1.82) is 0 Å². The first-order valence-electron chi connectivity index (χ1n) is 7.81. The highest BCUT2D eigenvalue weighted by molar-refractivity contribution is 8.18. The van der Waals surface area contributed by atoms with Gasteiger partial charge in [-0.2, -0.15) is 0 Å². The lowest BCUT2D eigenvalue weighted by atomic mass is 10.2. The monoisotopic (exact) mass is 356 g/mol. The molecule has 0 radical (unpaired) electrons. The van der Waals surface area contributed by atoms with Crippen molar-refractivity contribution < 1.29 is 13.9 Å². The van der Waals surface area contributed by atoms with Gasteiger partial charge in [0.15, 0.2) is 5.17 Å². The highest BCUT2D eigenvalue weighted by Crippen LogP contribution is 2.35. The standard InChI is InChI=1S/C19H17FN2O2S/c1-3-22-18(23)17(12-13-8-4-7-11-16(13)24-2)25-19(22)21-15-10-6-5-9-14(15)20/h4-12H,3H2,1-2H3/b17-12+,21-19?. The molecule has 128 valence electrons. The summed E-state index contributed by atoms with van der Waals surface area (Å²) in [7, 11) is 1.59. The molecule has 0 bridgehead atoms. The van der Waals surface area contributed by atoms with Crippen LogP contribution in [0, 0.1) is 5.82 Å². The molecular weight excluding hydrogens is 339 g/mol. The quantitative estimate of drug-likeness (QED) is 0.760. The lowest BCUT2D eigenvalue weighted by Gasteiger charge is -2.12. The van der Waals surface area contributed by atoms with E-state index in [9.17, 15) is 9.18 Å². The molecule has 0 aromatic heterocycles. The van der Waals surface area contributed by atoms with Crippen LogP contribution in [0.3, 0.4) is 0 Å². The van der Waals surface area contributed by atoms with Crippen molar-refractivity contribution in [1.82, 2.24) is 4.90 Å². The molecule has 1 aliphatic rings. The van der Waals surface area contributed by atoms with E-state index >= 15 is 0 Å². The zero-order chi connectivity index (χ0) is 17.8. The summed E-state index contributed by atoms with van der Waals surface area (Å²) in [6.45, 7) is 2.32. The van der Waals surface area contributed by atoms with Crippen molar-refractivity contribution in [3.8, 4) is 5.75 Å². The van der Waals surface area contributed by atoms with Gasteiger partial charge in [-0.05, 0) is 43.0 Å². The molecule has 0 spiro atoms. The molecule has 0 saturated carbocycles. The molecule has 1 heterocycles. The zero-order valence-corrected chi connectivity index (χ0v) is 14.7. The number of amides is 1. The van der Waals surface area contributed by atoms with Crippen molar-refractivity contribution >= 4 is 34.6 Å². The maximum absolute atomic E-state index is 13.9. The van der Waals surface area contributed by atoms with Crippen LogP contribution in [0.4, 0.5) is 10.1 Å². The van der Waals surface area contributed by atoms with Crippen LogP contribution in [0.5, 0.6) is 5.75 Å². The lowest BCUT2D eigenvalue weighted by Crippen LogP contribution is -2.28. The van der Waals surface area contributed by atoms with Crippen LogP contribution in [0.25, 0.3) is 6.08 Å². The number of nitrogens with zero attached hydrogens (tertiary/aromatic N) is 2. The van der Waals surface area contributed by atoms with E-state index in [1.54, 1.807) is 36.3 Å². The molecule has 3 rings (SSSR count). The molecule has 6 heteroatoms. The first-order chi connectivity index (χ1) is 12.1. The number of likely N-dealkylation sites (N-methyl/N-ethyl adjacent to an activating group) is 1. The Hall–Kier alpha value is -2.60. The number of thioether (sulfide) groups is 1. The Morgan fingerprint density at radius 2 is 1.92 bits per heavy atom. The molecule has 0 unspecified atom stereocenters. The molecule has 0 N–H and O–H groups in total. The van der Waals surface area contributed by atoms with Gasteiger partial charge >= 0.3 is 0 Å². The van der Waals surface area contributed by atoms with Crippen molar-refractivity contribution in [3.63, 3.8) is 0 Å². The lowest BCUT2D eigenvalue weighted by molar-refractivity contribution is -0.122. The minimum atomic E-state index is -0.415. The van der Waals surface area contributed by atoms with Gasteiger partial charge in [0.25, 0.3) is 5.91 Å². The predicted octanol–water partition coefficient (Wildman–Crippen LogP) is 4.46. The van der Waals surface area contributed by atoms with E-state index < -0.39 is 5.82 Å². The van der Waals surface area contributed by atoms with Crippen LogP contribution in [0.1, 0.15) is 12.5 Å². The van der Waals surface area contributed by atoms with Gasteiger partial charge in [0, 0.05) is 12.1 Å². The van der Waals surface area contributed by atoms with E-state index in [1.165, 1.54) is 17.8 Å². The summed E-state index contributed by atoms with van der Waals surface area (Å²) in [6, 6.07) is 13.7. The van der Waals surface area contributed by atoms with Crippen molar-refractivity contribution in [3.05, 3.63) is 64.8 Å². The first-order valence-corrected chi connectivity index (χ1v) is 8.63. The number of ether oxygens (including phenoxy) is 1. The third-order valence-electron chi connectivity index (χ3n) is 3.70. The predicted molar refractivity (Wildman–Crippen MR) is 99.4 cm³/mol. The van der Waals surface area contributed by atoms with Gasteiger partial charge in [-0.15, -0.1) is 0 Å². The third kappa shape index (κ3) is 3.58. The van der Waals surface area contributed by atoms with E-state index in [0.29, 0.717) is 22.4 Å². The van der Waals surface area contributed by atoms with Crippen LogP contribution in [-0.4, -0.2) is 29.6 Å². The molecule has 2 aromatic carbocycles. The summed E-state index contributed by atoms with van der Waals surface area (Å²) in [4.78, 5) is 19.0. The highest BCUT2D eigenvalue weighted by Gasteiger charge is 2.32. The summed E-state index contributed by atoms with van der Waals surface area (Å²) in [5, 5.41) is 0.471. The van der Waals surface area contributed by atoms with Crippen LogP contribution >= 0.6 is 11.8 Å². The van der Waals surface area contributed by atoms with E-state index in [4.69, 9.17) is 4.74 Å². The Balaban J connectivity index is 1.98. The van der Waals surface area contributed by atoms with Crippen LogP contribution in [-0.2, 0) is 4.79 Å². The molecule has 0 aliphatic carbocycles. The number of hydrogen-bond donors (Lipinski definition) is 0. The Bertz CT molecular complexity index is 864. The van der Waals surface area contributed by atoms with Gasteiger partial charge in [0.1, 0.15) is 17.3 Å². The van der Waals surface area contributed by atoms with E-state index in [0.717, 1.165) is 5.56 Å². The van der Waals surface area contributed by atoms with Gasteiger partial charge in [0.05, 0.1) is 12.0 Å². The first kappa shape index (κ1) is 17.2. The Labute approximate surface area is 150 Å². The number of benzene rings is 2. The normalized spacial score (nSPS) is 17.6. The van der Waals surface area contributed by atoms with Crippen molar-refractivity contribution in [2.45, 2.75) is 6.92 Å². The maximum atomic E-state index is 13.9. The van der Waals surface area contributed by atoms with Crippen LogP contribution in [0.15, 0.2) is 58.4 Å². The molecule has 1 amide bonds. The number of amidine groups is 1. The molecule has 25 heavy (non-hydrogen) atoms. The maximum Gasteiger partial charge on any atom is 0.266 e. The molecule has 2 aromatic rings. The molecule has 1 saturated heterocycles. The van der Waals surface area contributed by atoms with E-state index in [-0.39, 0.29) is 11.6 Å². The number of hydrogen-bond acceptors (Lipinski definition) is 4. The third-order valence-corrected chi connectivity index (χ3v) is 4.71. The van der Waals surface area contributed by atoms with Gasteiger partial charge in [-0.1, -0.05) is 30.3 Å². The van der Waals surface area contributed by atoms with Gasteiger partial charge in [0.2, 0.25) is 0 Å². The van der Waals surface area contributed by atoms with Crippen molar-refractivity contribution in [2.24, 2.45) is 4.99 Å². The SMILES string of the molecule is CCN1C(=O)/C(=C\c2ccccc2OC)SC1=Nc1ccccc1F. The largest absolute Gasteiger partial charge is 0.496 e. The number of methoxy groups -OCH3 is 1. The molecule has 4 nitrogen and oxygen atoms in total. The summed E-state index contributed by atoms with van der Waals surface area (Å²) in [6.07, 6.45) is 1.78. The second-order valence-corrected chi connectivity index (χ2v) is 6.26. The number of carbonyl (C=O) groups is 1. The summed E-state index contributed by atoms with van der Waals surface area (Å²) in [5.74, 6) is 0.126. The second-order valence-electron chi connectivity index (χ2n) is 5.25. The summed E-state index contributed by atoms with van der Waals surface area (Å²) in [5.41, 5.74) is 1.03.